The van der Waals surface area contributed by atoms with Gasteiger partial charge in [-0.2, -0.15) is 0 Å². The number of ether oxygens (including phenoxy) is 2. The third-order valence-corrected chi connectivity index (χ3v) is 3.43. The second-order valence-corrected chi connectivity index (χ2v) is 4.79. The van der Waals surface area contributed by atoms with E-state index in [-0.39, 0.29) is 5.79 Å². The van der Waals surface area contributed by atoms with E-state index in [0.717, 1.165) is 39.1 Å². The second-order valence-electron chi connectivity index (χ2n) is 4.79. The molecule has 2 heterocycles. The maximum Gasteiger partial charge on any atom is 0.170 e. The molecule has 0 saturated carbocycles. The summed E-state index contributed by atoms with van der Waals surface area (Å²) in [4.78, 5) is 0. The van der Waals surface area contributed by atoms with E-state index in [9.17, 15) is 0 Å². The summed E-state index contributed by atoms with van der Waals surface area (Å²) in [5.74, 6) is 1.00. The highest BCUT2D eigenvalue weighted by atomic mass is 16.7. The third-order valence-electron chi connectivity index (χ3n) is 3.43. The van der Waals surface area contributed by atoms with Gasteiger partial charge in [-0.15, -0.1) is 0 Å². The van der Waals surface area contributed by atoms with Gasteiger partial charge in [0, 0.05) is 31.8 Å². The number of rotatable bonds is 1. The Labute approximate surface area is 86.2 Å². The molecule has 2 aliphatic heterocycles. The molecule has 0 aromatic heterocycles. The van der Waals surface area contributed by atoms with E-state index >= 15 is 0 Å². The van der Waals surface area contributed by atoms with E-state index in [2.05, 4.69) is 19.2 Å². The summed E-state index contributed by atoms with van der Waals surface area (Å²) in [7, 11) is 0. The molecule has 1 spiro atoms. The van der Waals surface area contributed by atoms with Crippen LogP contribution in [0.1, 0.15) is 26.7 Å². The normalized spacial score (nSPS) is 28.5. The molecule has 2 saturated heterocycles. The molecule has 2 aliphatic rings. The molecule has 0 unspecified atom stereocenters. The minimum Gasteiger partial charge on any atom is -0.349 e. The van der Waals surface area contributed by atoms with Crippen molar-refractivity contribution < 1.29 is 9.47 Å². The van der Waals surface area contributed by atoms with E-state index in [1.165, 1.54) is 0 Å². The van der Waals surface area contributed by atoms with Gasteiger partial charge in [-0.05, 0) is 5.92 Å². The van der Waals surface area contributed by atoms with Gasteiger partial charge in [-0.1, -0.05) is 13.8 Å². The average molecular weight is 199 g/mol. The van der Waals surface area contributed by atoms with Crippen LogP contribution in [0.25, 0.3) is 0 Å². The van der Waals surface area contributed by atoms with Gasteiger partial charge in [0.2, 0.25) is 0 Å². The summed E-state index contributed by atoms with van der Waals surface area (Å²) in [6, 6.07) is 0. The summed E-state index contributed by atoms with van der Waals surface area (Å²) in [5.41, 5.74) is 0. The Morgan fingerprint density at radius 2 is 1.71 bits per heavy atom. The highest BCUT2D eigenvalue weighted by Crippen LogP contribution is 2.31. The fourth-order valence-electron chi connectivity index (χ4n) is 2.09. The highest BCUT2D eigenvalue weighted by Gasteiger charge is 2.39. The Bertz CT molecular complexity index is 178. The van der Waals surface area contributed by atoms with E-state index in [0.29, 0.717) is 11.8 Å². The predicted octanol–water partition coefficient (Wildman–Crippen LogP) is 1.39. The van der Waals surface area contributed by atoms with E-state index < -0.39 is 0 Å². The van der Waals surface area contributed by atoms with Gasteiger partial charge in [0.25, 0.3) is 0 Å². The molecule has 0 atom stereocenters. The van der Waals surface area contributed by atoms with Crippen LogP contribution in [0.3, 0.4) is 0 Å². The number of piperidine rings is 1. The fraction of sp³-hybridized carbons (Fsp3) is 1.00. The zero-order chi connectivity index (χ0) is 10.0. The van der Waals surface area contributed by atoms with Crippen molar-refractivity contribution in [2.24, 2.45) is 11.8 Å². The molecule has 0 aliphatic carbocycles. The third kappa shape index (κ3) is 2.10. The first-order chi connectivity index (χ1) is 6.72. The highest BCUT2D eigenvalue weighted by molar-refractivity contribution is 4.82. The number of hydrogen-bond donors (Lipinski definition) is 1. The number of hydrogen-bond acceptors (Lipinski definition) is 3. The molecular weight excluding hydrogens is 178 g/mol. The van der Waals surface area contributed by atoms with Crippen LogP contribution in [0.4, 0.5) is 0 Å². The fourth-order valence-corrected chi connectivity index (χ4v) is 2.09. The van der Waals surface area contributed by atoms with Crippen LogP contribution in [0.2, 0.25) is 0 Å². The zero-order valence-electron chi connectivity index (χ0n) is 9.21. The second kappa shape index (κ2) is 4.17. The molecule has 2 rings (SSSR count). The molecule has 0 radical (unpaired) electrons. The van der Waals surface area contributed by atoms with Crippen molar-refractivity contribution in [1.82, 2.24) is 5.32 Å². The maximum absolute atomic E-state index is 5.92. The van der Waals surface area contributed by atoms with Gasteiger partial charge in [0.15, 0.2) is 5.79 Å². The maximum atomic E-state index is 5.92. The quantitative estimate of drug-likeness (QED) is 0.692. The topological polar surface area (TPSA) is 30.5 Å². The monoisotopic (exact) mass is 199 g/mol. The molecular formula is C11H21NO2. The Morgan fingerprint density at radius 3 is 2.21 bits per heavy atom. The lowest BCUT2D eigenvalue weighted by Gasteiger charge is -2.43. The van der Waals surface area contributed by atoms with Crippen molar-refractivity contribution in [2.75, 3.05) is 26.3 Å². The molecule has 3 nitrogen and oxygen atoms in total. The van der Waals surface area contributed by atoms with Gasteiger partial charge in [-0.3, -0.25) is 0 Å². The molecule has 0 aromatic rings. The average Bonchev–Trinajstić information content (AvgIpc) is 2.19. The van der Waals surface area contributed by atoms with Crippen molar-refractivity contribution in [2.45, 2.75) is 32.5 Å². The molecule has 0 aromatic carbocycles. The Kier molecular flexibility index (Phi) is 3.10. The molecule has 1 N–H and O–H groups in total. The van der Waals surface area contributed by atoms with Crippen LogP contribution in [0.15, 0.2) is 0 Å². The van der Waals surface area contributed by atoms with Crippen molar-refractivity contribution in [3.8, 4) is 0 Å². The van der Waals surface area contributed by atoms with Crippen molar-refractivity contribution in [3.63, 3.8) is 0 Å². The van der Waals surface area contributed by atoms with E-state index in [1.807, 2.05) is 0 Å². The lowest BCUT2D eigenvalue weighted by molar-refractivity contribution is -0.296. The van der Waals surface area contributed by atoms with E-state index in [4.69, 9.17) is 9.47 Å². The molecule has 82 valence electrons. The minimum absolute atomic E-state index is 0.239. The van der Waals surface area contributed by atoms with Crippen molar-refractivity contribution in [1.29, 1.82) is 0 Å². The molecule has 14 heavy (non-hydrogen) atoms. The van der Waals surface area contributed by atoms with Gasteiger partial charge in [-0.25, -0.2) is 0 Å². The largest absolute Gasteiger partial charge is 0.349 e. The molecule has 0 bridgehead atoms. The Balaban J connectivity index is 1.87. The van der Waals surface area contributed by atoms with Crippen molar-refractivity contribution >= 4 is 0 Å². The SMILES string of the molecule is CC(C)C1COC2(CCNCC2)OC1. The van der Waals surface area contributed by atoms with E-state index in [1.54, 1.807) is 0 Å². The molecule has 2 fully saturated rings. The Hall–Kier alpha value is -0.120. The van der Waals surface area contributed by atoms with Crippen LogP contribution < -0.4 is 5.32 Å². The van der Waals surface area contributed by atoms with Crippen molar-refractivity contribution in [3.05, 3.63) is 0 Å². The summed E-state index contributed by atoms with van der Waals surface area (Å²) in [6.45, 7) is 8.25. The summed E-state index contributed by atoms with van der Waals surface area (Å²) in [6.07, 6.45) is 2.00. The first-order valence-corrected chi connectivity index (χ1v) is 5.70. The van der Waals surface area contributed by atoms with Crippen LogP contribution in [0, 0.1) is 11.8 Å². The first kappa shape index (κ1) is 10.4. The van der Waals surface area contributed by atoms with Gasteiger partial charge in [0.05, 0.1) is 13.2 Å². The first-order valence-electron chi connectivity index (χ1n) is 5.70. The lowest BCUT2D eigenvalue weighted by Crippen LogP contribution is -2.51. The van der Waals surface area contributed by atoms with Gasteiger partial charge in [0.1, 0.15) is 0 Å². The molecule has 0 amide bonds. The van der Waals surface area contributed by atoms with Crippen LogP contribution >= 0.6 is 0 Å². The molecule has 3 heteroatoms. The Morgan fingerprint density at radius 1 is 1.14 bits per heavy atom. The zero-order valence-corrected chi connectivity index (χ0v) is 9.21. The summed E-state index contributed by atoms with van der Waals surface area (Å²) in [5, 5.41) is 3.33. The summed E-state index contributed by atoms with van der Waals surface area (Å²) >= 11 is 0. The predicted molar refractivity (Wildman–Crippen MR) is 55.1 cm³/mol. The number of nitrogens with one attached hydrogen (secondary N) is 1. The lowest BCUT2D eigenvalue weighted by atomic mass is 9.95. The van der Waals surface area contributed by atoms with Crippen LogP contribution in [0.5, 0.6) is 0 Å². The standard InChI is InChI=1S/C11H21NO2/c1-9(2)10-7-13-11(14-8-10)3-5-12-6-4-11/h9-10,12H,3-8H2,1-2H3. The van der Waals surface area contributed by atoms with Crippen LogP contribution in [-0.4, -0.2) is 32.1 Å². The van der Waals surface area contributed by atoms with Gasteiger partial charge >= 0.3 is 0 Å². The smallest absolute Gasteiger partial charge is 0.170 e. The van der Waals surface area contributed by atoms with Gasteiger partial charge < -0.3 is 14.8 Å². The van der Waals surface area contributed by atoms with Crippen LogP contribution in [-0.2, 0) is 9.47 Å². The minimum atomic E-state index is -0.239. The summed E-state index contributed by atoms with van der Waals surface area (Å²) < 4.78 is 11.8.